The molecule has 2 aromatic rings. The third kappa shape index (κ3) is 4.23. The second-order valence-corrected chi connectivity index (χ2v) is 4.90. The SMILES string of the molecule is COC(=O)c1ccc(CO)nc1NCc1ccc(C(F)(F)F)cc1. The number of aliphatic hydroxyl groups excluding tert-OH is 1. The molecule has 0 amide bonds. The average Bonchev–Trinajstić information content (AvgIpc) is 2.58. The standard InChI is InChI=1S/C16H15F3N2O3/c1-24-15(23)13-7-6-12(9-22)21-14(13)20-8-10-2-4-11(5-3-10)16(17,18)19/h2-7,22H,8-9H2,1H3,(H,20,21). The zero-order valence-electron chi connectivity index (χ0n) is 12.7. The van der Waals surface area contributed by atoms with Crippen LogP contribution in [0.25, 0.3) is 0 Å². The number of benzene rings is 1. The van der Waals surface area contributed by atoms with Crippen LogP contribution in [0.1, 0.15) is 27.2 Å². The van der Waals surface area contributed by atoms with Gasteiger partial charge in [0, 0.05) is 6.54 Å². The van der Waals surface area contributed by atoms with E-state index in [1.807, 2.05) is 0 Å². The van der Waals surface area contributed by atoms with Gasteiger partial charge in [0.15, 0.2) is 0 Å². The summed E-state index contributed by atoms with van der Waals surface area (Å²) in [5.41, 5.74) is 0.358. The molecule has 0 saturated heterocycles. The van der Waals surface area contributed by atoms with Gasteiger partial charge in [-0.25, -0.2) is 9.78 Å². The number of pyridine rings is 1. The molecule has 0 saturated carbocycles. The summed E-state index contributed by atoms with van der Waals surface area (Å²) < 4.78 is 42.3. The molecule has 2 N–H and O–H groups in total. The van der Waals surface area contributed by atoms with Crippen molar-refractivity contribution in [2.75, 3.05) is 12.4 Å². The second-order valence-electron chi connectivity index (χ2n) is 4.90. The molecule has 0 atom stereocenters. The number of nitrogens with one attached hydrogen (secondary N) is 1. The molecular formula is C16H15F3N2O3. The highest BCUT2D eigenvalue weighted by Gasteiger charge is 2.29. The van der Waals surface area contributed by atoms with E-state index in [-0.39, 0.29) is 24.5 Å². The smallest absolute Gasteiger partial charge is 0.416 e. The van der Waals surface area contributed by atoms with Gasteiger partial charge in [0.2, 0.25) is 0 Å². The number of methoxy groups -OCH3 is 1. The van der Waals surface area contributed by atoms with Crippen molar-refractivity contribution in [1.29, 1.82) is 0 Å². The van der Waals surface area contributed by atoms with Crippen LogP contribution in [0, 0.1) is 0 Å². The molecule has 2 rings (SSSR count). The monoisotopic (exact) mass is 340 g/mol. The predicted octanol–water partition coefficient (Wildman–Crippen LogP) is 2.99. The first-order valence-electron chi connectivity index (χ1n) is 6.94. The van der Waals surface area contributed by atoms with E-state index in [1.54, 1.807) is 0 Å². The van der Waals surface area contributed by atoms with Gasteiger partial charge >= 0.3 is 12.1 Å². The number of aromatic nitrogens is 1. The highest BCUT2D eigenvalue weighted by Crippen LogP contribution is 2.29. The first-order valence-corrected chi connectivity index (χ1v) is 6.94. The van der Waals surface area contributed by atoms with E-state index in [9.17, 15) is 18.0 Å². The van der Waals surface area contributed by atoms with Crippen LogP contribution in [-0.2, 0) is 24.1 Å². The number of carbonyl (C=O) groups excluding carboxylic acids is 1. The van der Waals surface area contributed by atoms with Crippen LogP contribution in [0.2, 0.25) is 0 Å². The summed E-state index contributed by atoms with van der Waals surface area (Å²) in [7, 11) is 1.22. The third-order valence-electron chi connectivity index (χ3n) is 3.26. The first kappa shape index (κ1) is 17.7. The molecule has 0 aliphatic heterocycles. The lowest BCUT2D eigenvalue weighted by Gasteiger charge is -2.12. The Hall–Kier alpha value is -2.61. The number of hydrogen-bond donors (Lipinski definition) is 2. The number of esters is 1. The molecule has 1 heterocycles. The number of nitrogens with zero attached hydrogens (tertiary/aromatic N) is 1. The minimum atomic E-state index is -4.39. The summed E-state index contributed by atoms with van der Waals surface area (Å²) in [6.07, 6.45) is -4.39. The topological polar surface area (TPSA) is 71.5 Å². The van der Waals surface area contributed by atoms with Gasteiger partial charge in [0.05, 0.1) is 25.0 Å². The Morgan fingerprint density at radius 2 is 1.88 bits per heavy atom. The third-order valence-corrected chi connectivity index (χ3v) is 3.26. The number of carbonyl (C=O) groups is 1. The van der Waals surface area contributed by atoms with E-state index in [1.165, 1.54) is 31.4 Å². The lowest BCUT2D eigenvalue weighted by Crippen LogP contribution is -2.11. The Morgan fingerprint density at radius 1 is 1.21 bits per heavy atom. The lowest BCUT2D eigenvalue weighted by atomic mass is 10.1. The van der Waals surface area contributed by atoms with Gasteiger partial charge in [-0.05, 0) is 29.8 Å². The maximum Gasteiger partial charge on any atom is 0.416 e. The molecule has 1 aromatic carbocycles. The van der Waals surface area contributed by atoms with Gasteiger partial charge in [-0.3, -0.25) is 0 Å². The van der Waals surface area contributed by atoms with Crippen molar-refractivity contribution in [3.8, 4) is 0 Å². The van der Waals surface area contributed by atoms with E-state index in [2.05, 4.69) is 15.0 Å². The maximum absolute atomic E-state index is 12.5. The van der Waals surface area contributed by atoms with E-state index >= 15 is 0 Å². The summed E-state index contributed by atoms with van der Waals surface area (Å²) in [6, 6.07) is 7.58. The van der Waals surface area contributed by atoms with E-state index in [0.29, 0.717) is 11.3 Å². The number of ether oxygens (including phenoxy) is 1. The van der Waals surface area contributed by atoms with Crippen LogP contribution in [0.4, 0.5) is 19.0 Å². The summed E-state index contributed by atoms with van der Waals surface area (Å²) in [6.45, 7) is -0.152. The normalized spacial score (nSPS) is 11.2. The Labute approximate surface area is 136 Å². The fourth-order valence-electron chi connectivity index (χ4n) is 1.99. The molecule has 0 aliphatic carbocycles. The number of hydrogen-bond acceptors (Lipinski definition) is 5. The average molecular weight is 340 g/mol. The molecule has 0 bridgehead atoms. The molecule has 0 aliphatic rings. The van der Waals surface area contributed by atoms with Gasteiger partial charge in [0.1, 0.15) is 11.4 Å². The van der Waals surface area contributed by atoms with Crippen LogP contribution in [-0.4, -0.2) is 23.2 Å². The Bertz CT molecular complexity index is 715. The number of anilines is 1. The van der Waals surface area contributed by atoms with Crippen LogP contribution in [0.5, 0.6) is 0 Å². The van der Waals surface area contributed by atoms with Gasteiger partial charge in [-0.1, -0.05) is 12.1 Å². The summed E-state index contributed by atoms with van der Waals surface area (Å²) in [5.74, 6) is -0.421. The summed E-state index contributed by atoms with van der Waals surface area (Å²) in [5, 5.41) is 12.0. The van der Waals surface area contributed by atoms with Gasteiger partial charge in [-0.15, -0.1) is 0 Å². The van der Waals surface area contributed by atoms with Crippen molar-refractivity contribution in [3.05, 3.63) is 58.8 Å². The van der Waals surface area contributed by atoms with Crippen molar-refractivity contribution in [2.45, 2.75) is 19.3 Å². The van der Waals surface area contributed by atoms with Crippen molar-refractivity contribution in [1.82, 2.24) is 4.98 Å². The number of rotatable bonds is 5. The van der Waals surface area contributed by atoms with Gasteiger partial charge < -0.3 is 15.2 Å². The molecule has 128 valence electrons. The van der Waals surface area contributed by atoms with Crippen LogP contribution >= 0.6 is 0 Å². The van der Waals surface area contributed by atoms with E-state index < -0.39 is 17.7 Å². The zero-order valence-corrected chi connectivity index (χ0v) is 12.7. The van der Waals surface area contributed by atoms with Crippen molar-refractivity contribution >= 4 is 11.8 Å². The van der Waals surface area contributed by atoms with E-state index in [0.717, 1.165) is 12.1 Å². The van der Waals surface area contributed by atoms with Crippen LogP contribution < -0.4 is 5.32 Å². The minimum Gasteiger partial charge on any atom is -0.465 e. The first-order chi connectivity index (χ1) is 11.3. The fourth-order valence-corrected chi connectivity index (χ4v) is 1.99. The Kier molecular flexibility index (Phi) is 5.40. The maximum atomic E-state index is 12.5. The zero-order chi connectivity index (χ0) is 17.7. The lowest BCUT2D eigenvalue weighted by molar-refractivity contribution is -0.137. The molecule has 0 unspecified atom stereocenters. The van der Waals surface area contributed by atoms with Crippen molar-refractivity contribution < 1.29 is 27.8 Å². The van der Waals surface area contributed by atoms with Crippen molar-refractivity contribution in [3.63, 3.8) is 0 Å². The van der Waals surface area contributed by atoms with Crippen LogP contribution in [0.3, 0.4) is 0 Å². The molecule has 5 nitrogen and oxygen atoms in total. The molecule has 1 aromatic heterocycles. The number of alkyl halides is 3. The van der Waals surface area contributed by atoms with Crippen molar-refractivity contribution in [2.24, 2.45) is 0 Å². The number of halogens is 3. The molecular weight excluding hydrogens is 325 g/mol. The van der Waals surface area contributed by atoms with Gasteiger partial charge in [-0.2, -0.15) is 13.2 Å². The summed E-state index contributed by atoms with van der Waals surface area (Å²) in [4.78, 5) is 15.8. The molecule has 0 spiro atoms. The minimum absolute atomic E-state index is 0.157. The second kappa shape index (κ2) is 7.31. The van der Waals surface area contributed by atoms with E-state index in [4.69, 9.17) is 5.11 Å². The predicted molar refractivity (Wildman–Crippen MR) is 80.3 cm³/mol. The van der Waals surface area contributed by atoms with Gasteiger partial charge in [0.25, 0.3) is 0 Å². The molecule has 0 fully saturated rings. The van der Waals surface area contributed by atoms with Crippen LogP contribution in [0.15, 0.2) is 36.4 Å². The fraction of sp³-hybridized carbons (Fsp3) is 0.250. The highest BCUT2D eigenvalue weighted by molar-refractivity contribution is 5.94. The molecule has 0 radical (unpaired) electrons. The Morgan fingerprint density at radius 3 is 2.42 bits per heavy atom. The molecule has 8 heteroatoms. The molecule has 24 heavy (non-hydrogen) atoms. The quantitative estimate of drug-likeness (QED) is 0.819. The highest BCUT2D eigenvalue weighted by atomic mass is 19.4. The largest absolute Gasteiger partial charge is 0.465 e. The number of aliphatic hydroxyl groups is 1. The Balaban J connectivity index is 2.17. The summed E-state index contributed by atoms with van der Waals surface area (Å²) >= 11 is 0.